The first-order chi connectivity index (χ1) is 15.3. The molecule has 3 aromatic rings. The van der Waals surface area contributed by atoms with Gasteiger partial charge in [-0.15, -0.1) is 0 Å². The van der Waals surface area contributed by atoms with Gasteiger partial charge in [0, 0.05) is 11.0 Å². The van der Waals surface area contributed by atoms with Gasteiger partial charge in [-0.05, 0) is 60.9 Å². The molecule has 1 atom stereocenters. The predicted octanol–water partition coefficient (Wildman–Crippen LogP) is 4.23. The molecule has 0 bridgehead atoms. The van der Waals surface area contributed by atoms with Crippen molar-refractivity contribution in [2.24, 2.45) is 0 Å². The molecule has 3 rings (SSSR count). The van der Waals surface area contributed by atoms with Crippen molar-refractivity contribution in [1.29, 1.82) is 0 Å². The number of hydrogen-bond acceptors (Lipinski definition) is 4. The highest BCUT2D eigenvalue weighted by Crippen LogP contribution is 2.18. The lowest BCUT2D eigenvalue weighted by Crippen LogP contribution is -2.31. The van der Waals surface area contributed by atoms with Gasteiger partial charge in [0.15, 0.2) is 6.61 Å². The van der Waals surface area contributed by atoms with Crippen molar-refractivity contribution in [3.8, 4) is 5.75 Å². The number of benzene rings is 3. The van der Waals surface area contributed by atoms with E-state index in [0.717, 1.165) is 15.6 Å². The van der Waals surface area contributed by atoms with Crippen LogP contribution in [0, 0.1) is 0 Å². The van der Waals surface area contributed by atoms with Crippen LogP contribution in [-0.2, 0) is 21.2 Å². The van der Waals surface area contributed by atoms with E-state index in [2.05, 4.69) is 26.0 Å². The molecule has 6 nitrogen and oxygen atoms in total. The van der Waals surface area contributed by atoms with E-state index in [1.807, 2.05) is 61.5 Å². The summed E-state index contributed by atoms with van der Waals surface area (Å²) in [4.78, 5) is 12.3. The SMILES string of the molecule is CC(NC(=O)COc1ccc(S(=O)(=O)NCCc2ccccc2)cc1)c1ccc(Br)cc1. The summed E-state index contributed by atoms with van der Waals surface area (Å²) in [6.45, 7) is 2.04. The number of halogens is 1. The summed E-state index contributed by atoms with van der Waals surface area (Å²) in [5, 5.41) is 2.87. The second-order valence-corrected chi connectivity index (χ2v) is 9.92. The van der Waals surface area contributed by atoms with Gasteiger partial charge in [0.2, 0.25) is 10.0 Å². The van der Waals surface area contributed by atoms with Crippen molar-refractivity contribution < 1.29 is 17.9 Å². The van der Waals surface area contributed by atoms with Crippen LogP contribution in [0.4, 0.5) is 0 Å². The zero-order valence-electron chi connectivity index (χ0n) is 17.6. The third kappa shape index (κ3) is 7.19. The molecule has 0 saturated heterocycles. The molecule has 0 spiro atoms. The van der Waals surface area contributed by atoms with E-state index in [1.165, 1.54) is 24.3 Å². The van der Waals surface area contributed by atoms with Crippen molar-refractivity contribution in [2.45, 2.75) is 24.3 Å². The van der Waals surface area contributed by atoms with E-state index in [4.69, 9.17) is 4.74 Å². The molecule has 1 amide bonds. The highest BCUT2D eigenvalue weighted by Gasteiger charge is 2.14. The summed E-state index contributed by atoms with van der Waals surface area (Å²) in [6, 6.07) is 23.2. The Balaban J connectivity index is 1.47. The predicted molar refractivity (Wildman–Crippen MR) is 128 cm³/mol. The van der Waals surface area contributed by atoms with Crippen molar-refractivity contribution in [2.75, 3.05) is 13.2 Å². The zero-order chi connectivity index (χ0) is 23.0. The van der Waals surface area contributed by atoms with Crippen molar-refractivity contribution in [3.05, 3.63) is 94.5 Å². The maximum atomic E-state index is 12.5. The Hall–Kier alpha value is -2.68. The fourth-order valence-electron chi connectivity index (χ4n) is 3.04. The van der Waals surface area contributed by atoms with Gasteiger partial charge in [-0.1, -0.05) is 58.4 Å². The van der Waals surface area contributed by atoms with E-state index < -0.39 is 10.0 Å². The maximum absolute atomic E-state index is 12.5. The van der Waals surface area contributed by atoms with Crippen LogP contribution in [0.5, 0.6) is 5.75 Å². The first kappa shape index (κ1) is 24.0. The van der Waals surface area contributed by atoms with E-state index in [-0.39, 0.29) is 23.5 Å². The fraction of sp³-hybridized carbons (Fsp3) is 0.208. The Morgan fingerprint density at radius 2 is 1.62 bits per heavy atom. The Labute approximate surface area is 197 Å². The first-order valence-electron chi connectivity index (χ1n) is 10.1. The normalized spacial score (nSPS) is 12.2. The third-order valence-corrected chi connectivity index (χ3v) is 6.81. The Kier molecular flexibility index (Phi) is 8.44. The summed E-state index contributed by atoms with van der Waals surface area (Å²) in [6.07, 6.45) is 0.606. The van der Waals surface area contributed by atoms with Gasteiger partial charge in [-0.3, -0.25) is 4.79 Å². The van der Waals surface area contributed by atoms with Crippen LogP contribution in [0.3, 0.4) is 0 Å². The Bertz CT molecular complexity index is 1120. The van der Waals surface area contributed by atoms with Gasteiger partial charge in [-0.2, -0.15) is 0 Å². The lowest BCUT2D eigenvalue weighted by atomic mass is 10.1. The summed E-state index contributed by atoms with van der Waals surface area (Å²) in [5.74, 6) is 0.152. The summed E-state index contributed by atoms with van der Waals surface area (Å²) in [7, 11) is -3.62. The molecule has 0 aromatic heterocycles. The van der Waals surface area contributed by atoms with Crippen molar-refractivity contribution >= 4 is 31.9 Å². The van der Waals surface area contributed by atoms with Crippen LogP contribution in [0.15, 0.2) is 88.2 Å². The molecule has 168 valence electrons. The van der Waals surface area contributed by atoms with Crippen LogP contribution >= 0.6 is 15.9 Å². The number of rotatable bonds is 10. The topological polar surface area (TPSA) is 84.5 Å². The van der Waals surface area contributed by atoms with Crippen LogP contribution < -0.4 is 14.8 Å². The minimum absolute atomic E-state index is 0.145. The van der Waals surface area contributed by atoms with E-state index >= 15 is 0 Å². The summed E-state index contributed by atoms with van der Waals surface area (Å²) >= 11 is 3.39. The Morgan fingerprint density at radius 1 is 0.969 bits per heavy atom. The number of amides is 1. The van der Waals surface area contributed by atoms with Crippen LogP contribution in [0.2, 0.25) is 0 Å². The second kappa shape index (κ2) is 11.3. The van der Waals surface area contributed by atoms with Crippen LogP contribution in [-0.4, -0.2) is 27.5 Å². The number of carbonyl (C=O) groups is 1. The van der Waals surface area contributed by atoms with Crippen molar-refractivity contribution in [3.63, 3.8) is 0 Å². The molecule has 2 N–H and O–H groups in total. The molecule has 0 aliphatic carbocycles. The van der Waals surface area contributed by atoms with E-state index in [0.29, 0.717) is 18.7 Å². The summed E-state index contributed by atoms with van der Waals surface area (Å²) < 4.78 is 34.0. The fourth-order valence-corrected chi connectivity index (χ4v) is 4.34. The highest BCUT2D eigenvalue weighted by molar-refractivity contribution is 9.10. The van der Waals surface area contributed by atoms with Crippen molar-refractivity contribution in [1.82, 2.24) is 10.0 Å². The number of sulfonamides is 1. The third-order valence-electron chi connectivity index (χ3n) is 4.80. The molecular weight excluding hydrogens is 492 g/mol. The number of hydrogen-bond donors (Lipinski definition) is 2. The van der Waals surface area contributed by atoms with Gasteiger partial charge in [0.1, 0.15) is 5.75 Å². The zero-order valence-corrected chi connectivity index (χ0v) is 20.0. The molecule has 0 radical (unpaired) electrons. The molecule has 0 heterocycles. The molecule has 3 aromatic carbocycles. The molecule has 0 aliphatic heterocycles. The lowest BCUT2D eigenvalue weighted by molar-refractivity contribution is -0.123. The van der Waals surface area contributed by atoms with E-state index in [1.54, 1.807) is 0 Å². The number of ether oxygens (including phenoxy) is 1. The molecule has 32 heavy (non-hydrogen) atoms. The highest BCUT2D eigenvalue weighted by atomic mass is 79.9. The monoisotopic (exact) mass is 516 g/mol. The molecule has 0 aliphatic rings. The van der Waals surface area contributed by atoms with Gasteiger partial charge < -0.3 is 10.1 Å². The van der Waals surface area contributed by atoms with E-state index in [9.17, 15) is 13.2 Å². The maximum Gasteiger partial charge on any atom is 0.258 e. The Morgan fingerprint density at radius 3 is 2.28 bits per heavy atom. The van der Waals surface area contributed by atoms with Gasteiger partial charge in [-0.25, -0.2) is 13.1 Å². The standard InChI is InChI=1S/C24H25BrN2O4S/c1-18(20-7-9-21(25)10-8-20)27-24(28)17-31-22-11-13-23(14-12-22)32(29,30)26-16-15-19-5-3-2-4-6-19/h2-14,18,26H,15-17H2,1H3,(H,27,28). The molecule has 8 heteroatoms. The van der Waals surface area contributed by atoms with Gasteiger partial charge in [0.25, 0.3) is 5.91 Å². The van der Waals surface area contributed by atoms with Gasteiger partial charge >= 0.3 is 0 Å². The molecule has 0 saturated carbocycles. The average molecular weight is 517 g/mol. The minimum atomic E-state index is -3.62. The molecule has 0 fully saturated rings. The quantitative estimate of drug-likeness (QED) is 0.422. The lowest BCUT2D eigenvalue weighted by Gasteiger charge is -2.15. The number of nitrogens with one attached hydrogen (secondary N) is 2. The smallest absolute Gasteiger partial charge is 0.258 e. The van der Waals surface area contributed by atoms with Crippen LogP contribution in [0.1, 0.15) is 24.1 Å². The first-order valence-corrected chi connectivity index (χ1v) is 12.4. The minimum Gasteiger partial charge on any atom is -0.484 e. The summed E-state index contributed by atoms with van der Waals surface area (Å²) in [5.41, 5.74) is 2.04. The van der Waals surface area contributed by atoms with Gasteiger partial charge in [0.05, 0.1) is 10.9 Å². The second-order valence-electron chi connectivity index (χ2n) is 7.23. The average Bonchev–Trinajstić information content (AvgIpc) is 2.79. The largest absolute Gasteiger partial charge is 0.484 e. The van der Waals surface area contributed by atoms with Crippen LogP contribution in [0.25, 0.3) is 0 Å². The molecule has 1 unspecified atom stereocenters. The molecular formula is C24H25BrN2O4S. The number of carbonyl (C=O) groups excluding carboxylic acids is 1.